The Kier molecular flexibility index (Phi) is 8.58. The van der Waals surface area contributed by atoms with E-state index in [1.165, 1.54) is 6.07 Å². The summed E-state index contributed by atoms with van der Waals surface area (Å²) >= 11 is 3.31. The molecule has 0 heterocycles. The normalized spacial score (nSPS) is 12.7. The van der Waals surface area contributed by atoms with Crippen LogP contribution in [0.3, 0.4) is 0 Å². The molecule has 144 valence electrons. The first-order chi connectivity index (χ1) is 13.0. The van der Waals surface area contributed by atoms with Gasteiger partial charge in [-0.3, -0.25) is 0 Å². The van der Waals surface area contributed by atoms with Crippen LogP contribution in [0.15, 0.2) is 70.4 Å². The van der Waals surface area contributed by atoms with Crippen LogP contribution in [0.2, 0.25) is 0 Å². The first-order valence-corrected chi connectivity index (χ1v) is 9.35. The molecule has 0 unspecified atom stereocenters. The van der Waals surface area contributed by atoms with Crippen molar-refractivity contribution in [3.63, 3.8) is 0 Å². The Morgan fingerprint density at radius 1 is 1.15 bits per heavy atom. The smallest absolute Gasteiger partial charge is 0.121 e. The number of aromatic hydroxyl groups is 1. The van der Waals surface area contributed by atoms with Crippen molar-refractivity contribution in [3.05, 3.63) is 75.9 Å². The van der Waals surface area contributed by atoms with Crippen LogP contribution in [0, 0.1) is 0 Å². The predicted molar refractivity (Wildman–Crippen MR) is 107 cm³/mol. The van der Waals surface area contributed by atoms with E-state index >= 15 is 0 Å². The summed E-state index contributed by atoms with van der Waals surface area (Å²) in [6.07, 6.45) is 0.277. The largest absolute Gasteiger partial charge is 0.508 e. The van der Waals surface area contributed by atoms with Crippen molar-refractivity contribution in [3.8, 4) is 11.5 Å². The van der Waals surface area contributed by atoms with E-state index in [1.54, 1.807) is 18.2 Å². The zero-order chi connectivity index (χ0) is 19.6. The van der Waals surface area contributed by atoms with Crippen LogP contribution in [0.5, 0.6) is 11.5 Å². The third-order valence-corrected chi connectivity index (χ3v) is 4.34. The Bertz CT molecular complexity index is 784. The number of phenols is 1. The Balaban J connectivity index is 2.08. The molecular formula is C21H23BrO5. The lowest BCUT2D eigenvalue weighted by atomic mass is 10.0. The third-order valence-electron chi connectivity index (χ3n) is 3.84. The third kappa shape index (κ3) is 7.21. The molecule has 0 saturated heterocycles. The molecule has 0 saturated carbocycles. The van der Waals surface area contributed by atoms with Crippen LogP contribution in [-0.2, 0) is 0 Å². The quantitative estimate of drug-likeness (QED) is 0.453. The molecule has 6 heteroatoms. The molecule has 2 aromatic carbocycles. The minimum atomic E-state index is -0.903. The lowest BCUT2D eigenvalue weighted by molar-refractivity contribution is 0.0934. The number of aliphatic hydroxyl groups excluding tert-OH is 3. The summed E-state index contributed by atoms with van der Waals surface area (Å²) in [5.74, 6) is 0.709. The summed E-state index contributed by atoms with van der Waals surface area (Å²) in [4.78, 5) is 0. The fourth-order valence-electron chi connectivity index (χ4n) is 2.43. The molecular weight excluding hydrogens is 412 g/mol. The molecule has 2 rings (SSSR count). The summed E-state index contributed by atoms with van der Waals surface area (Å²) < 4.78 is 6.43. The van der Waals surface area contributed by atoms with Gasteiger partial charge in [-0.05, 0) is 36.4 Å². The topological polar surface area (TPSA) is 90.2 Å². The first kappa shape index (κ1) is 21.2. The van der Waals surface area contributed by atoms with Gasteiger partial charge < -0.3 is 25.2 Å². The molecule has 0 aliphatic heterocycles. The Labute approximate surface area is 167 Å². The van der Waals surface area contributed by atoms with E-state index in [4.69, 9.17) is 9.84 Å². The maximum absolute atomic E-state index is 10.3. The molecule has 4 N–H and O–H groups in total. The van der Waals surface area contributed by atoms with Crippen molar-refractivity contribution in [2.45, 2.75) is 25.0 Å². The number of benzene rings is 2. The van der Waals surface area contributed by atoms with Gasteiger partial charge in [0, 0.05) is 28.5 Å². The summed E-state index contributed by atoms with van der Waals surface area (Å²) in [6, 6.07) is 14.1. The molecule has 2 aromatic rings. The number of halogens is 1. The maximum atomic E-state index is 10.3. The Morgan fingerprint density at radius 3 is 2.59 bits per heavy atom. The summed E-state index contributed by atoms with van der Waals surface area (Å²) in [5, 5.41) is 39.0. The fourth-order valence-corrected chi connectivity index (χ4v) is 2.81. The highest BCUT2D eigenvalue weighted by Crippen LogP contribution is 2.29. The lowest BCUT2D eigenvalue weighted by Gasteiger charge is -2.12. The minimum Gasteiger partial charge on any atom is -0.508 e. The molecule has 27 heavy (non-hydrogen) atoms. The molecule has 0 aliphatic carbocycles. The average Bonchev–Trinajstić information content (AvgIpc) is 2.68. The van der Waals surface area contributed by atoms with Gasteiger partial charge in [-0.2, -0.15) is 0 Å². The van der Waals surface area contributed by atoms with Gasteiger partial charge in [-0.25, -0.2) is 0 Å². The number of rotatable bonds is 9. The first-order valence-electron chi connectivity index (χ1n) is 8.55. The fraction of sp³-hybridized carbons (Fsp3) is 0.286. The second-order valence-corrected chi connectivity index (χ2v) is 6.96. The number of para-hydroxylation sites is 1. The van der Waals surface area contributed by atoms with E-state index in [1.807, 2.05) is 30.3 Å². The number of phenolic OH excluding ortho intramolecular Hbond substituents is 1. The second kappa shape index (κ2) is 10.9. The number of hydrogen-bond donors (Lipinski definition) is 4. The SMILES string of the molecule is OC[C@H](O)CC(=C=CC[C@@H](O)c1cc(Br)ccc1O)COc1ccccc1. The molecule has 0 radical (unpaired) electrons. The monoisotopic (exact) mass is 434 g/mol. The average molecular weight is 435 g/mol. The summed E-state index contributed by atoms with van der Waals surface area (Å²) in [6.45, 7) is -0.152. The van der Waals surface area contributed by atoms with Crippen LogP contribution in [0.4, 0.5) is 0 Å². The minimum absolute atomic E-state index is 0.0198. The van der Waals surface area contributed by atoms with Gasteiger partial charge in [-0.15, -0.1) is 5.73 Å². The highest BCUT2D eigenvalue weighted by molar-refractivity contribution is 9.10. The molecule has 2 atom stereocenters. The molecule has 0 amide bonds. The van der Waals surface area contributed by atoms with Gasteiger partial charge in [0.25, 0.3) is 0 Å². The predicted octanol–water partition coefficient (Wildman–Crippen LogP) is 3.48. The number of aliphatic hydroxyl groups is 3. The van der Waals surface area contributed by atoms with Crippen molar-refractivity contribution >= 4 is 15.9 Å². The summed E-state index contributed by atoms with van der Waals surface area (Å²) in [5.41, 5.74) is 4.11. The second-order valence-electron chi connectivity index (χ2n) is 6.05. The van der Waals surface area contributed by atoms with Crippen LogP contribution in [0.1, 0.15) is 24.5 Å². The van der Waals surface area contributed by atoms with Crippen molar-refractivity contribution in [1.29, 1.82) is 0 Å². The molecule has 0 bridgehead atoms. The van der Waals surface area contributed by atoms with Gasteiger partial charge in [0.05, 0.1) is 18.8 Å². The van der Waals surface area contributed by atoms with E-state index in [-0.39, 0.29) is 31.8 Å². The van der Waals surface area contributed by atoms with E-state index in [0.717, 1.165) is 4.47 Å². The zero-order valence-electron chi connectivity index (χ0n) is 14.8. The highest BCUT2D eigenvalue weighted by atomic mass is 79.9. The lowest BCUT2D eigenvalue weighted by Crippen LogP contribution is -2.15. The number of ether oxygens (including phenoxy) is 1. The van der Waals surface area contributed by atoms with Gasteiger partial charge in [0.1, 0.15) is 18.1 Å². The van der Waals surface area contributed by atoms with Gasteiger partial charge in [-0.1, -0.05) is 34.1 Å². The molecule has 0 fully saturated rings. The van der Waals surface area contributed by atoms with E-state index in [0.29, 0.717) is 16.9 Å². The van der Waals surface area contributed by atoms with Crippen LogP contribution >= 0.6 is 15.9 Å². The molecule has 0 spiro atoms. The van der Waals surface area contributed by atoms with Crippen molar-refractivity contribution < 1.29 is 25.2 Å². The van der Waals surface area contributed by atoms with E-state index < -0.39 is 12.2 Å². The Morgan fingerprint density at radius 2 is 1.89 bits per heavy atom. The van der Waals surface area contributed by atoms with Crippen LogP contribution < -0.4 is 4.74 Å². The van der Waals surface area contributed by atoms with Crippen molar-refractivity contribution in [2.75, 3.05) is 13.2 Å². The van der Waals surface area contributed by atoms with Crippen LogP contribution in [-0.4, -0.2) is 39.7 Å². The molecule has 5 nitrogen and oxygen atoms in total. The van der Waals surface area contributed by atoms with Crippen molar-refractivity contribution in [1.82, 2.24) is 0 Å². The number of hydrogen-bond acceptors (Lipinski definition) is 5. The van der Waals surface area contributed by atoms with Crippen LogP contribution in [0.25, 0.3) is 0 Å². The zero-order valence-corrected chi connectivity index (χ0v) is 16.3. The van der Waals surface area contributed by atoms with Crippen molar-refractivity contribution in [2.24, 2.45) is 0 Å². The highest BCUT2D eigenvalue weighted by Gasteiger charge is 2.12. The van der Waals surface area contributed by atoms with Gasteiger partial charge in [0.15, 0.2) is 0 Å². The van der Waals surface area contributed by atoms with E-state index in [2.05, 4.69) is 21.7 Å². The molecule has 0 aliphatic rings. The van der Waals surface area contributed by atoms with Gasteiger partial charge >= 0.3 is 0 Å². The Hall–Kier alpha value is -2.08. The summed E-state index contributed by atoms with van der Waals surface area (Å²) in [7, 11) is 0. The maximum Gasteiger partial charge on any atom is 0.121 e. The standard InChI is InChI=1S/C21H23BrO5/c22-16-9-10-21(26)19(12-16)20(25)8-4-5-15(11-17(24)13-23)14-27-18-6-2-1-3-7-18/h1-4,6-7,9-10,12,17,20,23-26H,8,11,13-14H2/t5?,17-,20-/m1/s1. The van der Waals surface area contributed by atoms with Gasteiger partial charge in [0.2, 0.25) is 0 Å². The van der Waals surface area contributed by atoms with E-state index in [9.17, 15) is 15.3 Å². The molecule has 0 aromatic heterocycles.